The van der Waals surface area contributed by atoms with E-state index < -0.39 is 11.6 Å². The molecular formula is C15H22N6O2. The molecule has 1 amide bonds. The summed E-state index contributed by atoms with van der Waals surface area (Å²) in [7, 11) is 1.83. The van der Waals surface area contributed by atoms with Crippen molar-refractivity contribution in [2.24, 2.45) is 7.05 Å². The first-order valence-corrected chi connectivity index (χ1v) is 7.88. The first-order chi connectivity index (χ1) is 10.9. The first-order valence-electron chi connectivity index (χ1n) is 7.88. The van der Waals surface area contributed by atoms with Gasteiger partial charge in [0.05, 0.1) is 6.20 Å². The van der Waals surface area contributed by atoms with Gasteiger partial charge in [0.2, 0.25) is 0 Å². The molecule has 1 saturated heterocycles. The molecule has 0 aliphatic carbocycles. The molecule has 2 aromatic heterocycles. The van der Waals surface area contributed by atoms with Crippen molar-refractivity contribution >= 4 is 11.7 Å². The number of piperidine rings is 1. The van der Waals surface area contributed by atoms with E-state index in [1.807, 2.05) is 26.2 Å². The molecule has 0 spiro atoms. The second-order valence-corrected chi connectivity index (χ2v) is 6.21. The normalized spacial score (nSPS) is 21.5. The van der Waals surface area contributed by atoms with Gasteiger partial charge in [0, 0.05) is 25.9 Å². The third-order valence-corrected chi connectivity index (χ3v) is 4.46. The fourth-order valence-electron chi connectivity index (χ4n) is 2.73. The number of hydrogen-bond acceptors (Lipinski definition) is 5. The Morgan fingerprint density at radius 3 is 2.91 bits per heavy atom. The molecule has 1 N–H and O–H groups in total. The van der Waals surface area contributed by atoms with Crippen LogP contribution in [-0.2, 0) is 17.4 Å². The minimum Gasteiger partial charge on any atom is -0.384 e. The zero-order valence-electron chi connectivity index (χ0n) is 13.7. The number of anilines is 1. The second kappa shape index (κ2) is 5.77. The summed E-state index contributed by atoms with van der Waals surface area (Å²) < 4.78 is 3.25. The highest BCUT2D eigenvalue weighted by molar-refractivity contribution is 5.95. The molecule has 8 nitrogen and oxygen atoms in total. The number of aliphatic hydroxyl groups is 1. The van der Waals surface area contributed by atoms with E-state index in [4.69, 9.17) is 0 Å². The number of carbonyl (C=O) groups is 1. The van der Waals surface area contributed by atoms with Gasteiger partial charge in [-0.1, -0.05) is 12.1 Å². The van der Waals surface area contributed by atoms with E-state index in [1.54, 1.807) is 27.4 Å². The molecule has 23 heavy (non-hydrogen) atoms. The molecule has 8 heteroatoms. The van der Waals surface area contributed by atoms with E-state index in [-0.39, 0.29) is 5.91 Å². The van der Waals surface area contributed by atoms with Gasteiger partial charge in [-0.15, -0.1) is 5.10 Å². The lowest BCUT2D eigenvalue weighted by atomic mass is 10.00. The lowest BCUT2D eigenvalue weighted by Gasteiger charge is -2.30. The minimum absolute atomic E-state index is 0.0393. The molecule has 2 aromatic rings. The molecule has 1 aliphatic rings. The fraction of sp³-hybridized carbons (Fsp3) is 0.600. The third-order valence-electron chi connectivity index (χ3n) is 4.46. The van der Waals surface area contributed by atoms with Crippen molar-refractivity contribution in [1.82, 2.24) is 24.8 Å². The third kappa shape index (κ3) is 2.86. The van der Waals surface area contributed by atoms with Crippen LogP contribution in [0, 0.1) is 0 Å². The van der Waals surface area contributed by atoms with E-state index >= 15 is 0 Å². The summed E-state index contributed by atoms with van der Waals surface area (Å²) in [5, 5.41) is 22.7. The van der Waals surface area contributed by atoms with Crippen LogP contribution >= 0.6 is 0 Å². The molecule has 3 rings (SSSR count). The monoisotopic (exact) mass is 318 g/mol. The molecule has 0 bridgehead atoms. The van der Waals surface area contributed by atoms with Crippen molar-refractivity contribution in [3.63, 3.8) is 0 Å². The number of aromatic nitrogens is 5. The Morgan fingerprint density at radius 2 is 2.26 bits per heavy atom. The summed E-state index contributed by atoms with van der Waals surface area (Å²) >= 11 is 0. The average molecular weight is 318 g/mol. The summed E-state index contributed by atoms with van der Waals surface area (Å²) in [5.74, 6) is 0.616. The van der Waals surface area contributed by atoms with Gasteiger partial charge >= 0.3 is 0 Å². The number of carbonyl (C=O) groups excluding carboxylic acids is 1. The topological polar surface area (TPSA) is 89.1 Å². The molecule has 0 radical (unpaired) electrons. The van der Waals surface area contributed by atoms with Crippen LogP contribution in [0.1, 0.15) is 44.8 Å². The molecule has 3 heterocycles. The maximum Gasteiger partial charge on any atom is 0.253 e. The summed E-state index contributed by atoms with van der Waals surface area (Å²) in [6.07, 6.45) is 5.60. The van der Waals surface area contributed by atoms with Crippen molar-refractivity contribution in [2.45, 2.75) is 44.8 Å². The SMILES string of the molecule is CCC(C)(O)c1cn(C2CCCN(c3ccn(C)n3)C2=O)nn1. The highest BCUT2D eigenvalue weighted by Crippen LogP contribution is 2.28. The van der Waals surface area contributed by atoms with Crippen LogP contribution in [0.5, 0.6) is 0 Å². The predicted octanol–water partition coefficient (Wildman–Crippen LogP) is 0.997. The van der Waals surface area contributed by atoms with Gasteiger partial charge in [-0.05, 0) is 26.2 Å². The van der Waals surface area contributed by atoms with Gasteiger partial charge in [0.1, 0.15) is 17.3 Å². The van der Waals surface area contributed by atoms with Gasteiger partial charge in [-0.25, -0.2) is 4.68 Å². The van der Waals surface area contributed by atoms with E-state index in [2.05, 4.69) is 15.4 Å². The number of hydrogen-bond donors (Lipinski definition) is 1. The van der Waals surface area contributed by atoms with E-state index in [0.29, 0.717) is 30.9 Å². The molecule has 124 valence electrons. The maximum atomic E-state index is 12.8. The highest BCUT2D eigenvalue weighted by Gasteiger charge is 2.34. The van der Waals surface area contributed by atoms with Crippen molar-refractivity contribution in [2.75, 3.05) is 11.4 Å². The Balaban J connectivity index is 1.84. The number of rotatable bonds is 4. The van der Waals surface area contributed by atoms with E-state index in [0.717, 1.165) is 6.42 Å². The van der Waals surface area contributed by atoms with Crippen LogP contribution < -0.4 is 4.90 Å². The van der Waals surface area contributed by atoms with Crippen LogP contribution in [0.15, 0.2) is 18.5 Å². The zero-order chi connectivity index (χ0) is 16.6. The molecular weight excluding hydrogens is 296 g/mol. The maximum absolute atomic E-state index is 12.8. The Morgan fingerprint density at radius 1 is 1.48 bits per heavy atom. The summed E-state index contributed by atoms with van der Waals surface area (Å²) in [5.41, 5.74) is -0.542. The van der Waals surface area contributed by atoms with Crippen LogP contribution in [0.4, 0.5) is 5.82 Å². The lowest BCUT2D eigenvalue weighted by molar-refractivity contribution is -0.123. The lowest BCUT2D eigenvalue weighted by Crippen LogP contribution is -2.42. The standard InChI is InChI=1S/C15H22N6O2/c1-4-15(2,23)12-10-21(18-16-12)11-6-5-8-20(14(11)22)13-7-9-19(3)17-13/h7,9-11,23H,4-6,8H2,1-3H3. The fourth-order valence-corrected chi connectivity index (χ4v) is 2.73. The van der Waals surface area contributed by atoms with Crippen molar-refractivity contribution < 1.29 is 9.90 Å². The van der Waals surface area contributed by atoms with Crippen LogP contribution in [0.25, 0.3) is 0 Å². The quantitative estimate of drug-likeness (QED) is 0.908. The molecule has 1 fully saturated rings. The Bertz CT molecular complexity index is 704. The summed E-state index contributed by atoms with van der Waals surface area (Å²) in [6.45, 7) is 4.23. The van der Waals surface area contributed by atoms with Gasteiger partial charge in [-0.2, -0.15) is 5.10 Å². The molecule has 2 unspecified atom stereocenters. The van der Waals surface area contributed by atoms with Gasteiger partial charge in [-0.3, -0.25) is 14.4 Å². The van der Waals surface area contributed by atoms with E-state index in [1.165, 1.54) is 0 Å². The van der Waals surface area contributed by atoms with Crippen molar-refractivity contribution in [3.05, 3.63) is 24.2 Å². The highest BCUT2D eigenvalue weighted by atomic mass is 16.3. The molecule has 1 aliphatic heterocycles. The minimum atomic E-state index is -1.03. The van der Waals surface area contributed by atoms with Crippen LogP contribution in [-0.4, -0.2) is 42.3 Å². The first kappa shape index (κ1) is 15.7. The van der Waals surface area contributed by atoms with E-state index in [9.17, 15) is 9.90 Å². The molecule has 2 atom stereocenters. The average Bonchev–Trinajstić information content (AvgIpc) is 3.17. The summed E-state index contributed by atoms with van der Waals surface area (Å²) in [4.78, 5) is 14.5. The van der Waals surface area contributed by atoms with Gasteiger partial charge in [0.15, 0.2) is 5.82 Å². The predicted molar refractivity (Wildman–Crippen MR) is 83.7 cm³/mol. The van der Waals surface area contributed by atoms with Crippen LogP contribution in [0.2, 0.25) is 0 Å². The number of amides is 1. The van der Waals surface area contributed by atoms with Gasteiger partial charge in [0.25, 0.3) is 5.91 Å². The zero-order valence-corrected chi connectivity index (χ0v) is 13.7. The van der Waals surface area contributed by atoms with Crippen LogP contribution in [0.3, 0.4) is 0 Å². The molecule has 0 aromatic carbocycles. The smallest absolute Gasteiger partial charge is 0.253 e. The second-order valence-electron chi connectivity index (χ2n) is 6.21. The number of aryl methyl sites for hydroxylation is 1. The summed E-state index contributed by atoms with van der Waals surface area (Å²) in [6, 6.07) is 1.43. The Labute approximate surface area is 134 Å². The molecule has 0 saturated carbocycles. The van der Waals surface area contributed by atoms with Crippen molar-refractivity contribution in [3.8, 4) is 0 Å². The Hall–Kier alpha value is -2.22. The largest absolute Gasteiger partial charge is 0.384 e. The van der Waals surface area contributed by atoms with Crippen molar-refractivity contribution in [1.29, 1.82) is 0 Å². The Kier molecular flexibility index (Phi) is 3.93. The number of nitrogens with zero attached hydrogens (tertiary/aromatic N) is 6. The van der Waals surface area contributed by atoms with Gasteiger partial charge < -0.3 is 5.11 Å².